The molecule has 1 N–H and O–H groups in total. The molecule has 1 aromatic carbocycles. The Morgan fingerprint density at radius 2 is 2.27 bits per heavy atom. The van der Waals surface area contributed by atoms with E-state index in [4.69, 9.17) is 21.4 Å². The molecule has 0 bridgehead atoms. The van der Waals surface area contributed by atoms with Crippen LogP contribution < -0.4 is 4.74 Å². The van der Waals surface area contributed by atoms with Gasteiger partial charge in [0.15, 0.2) is 5.75 Å². The molecule has 0 aromatic heterocycles. The summed E-state index contributed by atoms with van der Waals surface area (Å²) < 4.78 is 5.44. The summed E-state index contributed by atoms with van der Waals surface area (Å²) in [5.74, 6) is -0.148. The second kappa shape index (κ2) is 4.11. The minimum atomic E-state index is -1.01. The number of ether oxygens (including phenoxy) is 1. The second-order valence-electron chi connectivity index (χ2n) is 3.68. The maximum atomic E-state index is 10.9. The maximum Gasteiger partial charge on any atom is 0.339 e. The quantitative estimate of drug-likeness (QED) is 0.859. The molecule has 0 saturated heterocycles. The van der Waals surface area contributed by atoms with Gasteiger partial charge in [-0.1, -0.05) is 17.7 Å². The van der Waals surface area contributed by atoms with E-state index in [1.54, 1.807) is 12.1 Å². The van der Waals surface area contributed by atoms with Crippen molar-refractivity contribution in [3.8, 4) is 5.75 Å². The van der Waals surface area contributed by atoms with Gasteiger partial charge in [0.05, 0.1) is 11.6 Å². The van der Waals surface area contributed by atoms with E-state index < -0.39 is 5.97 Å². The third-order valence-corrected chi connectivity index (χ3v) is 2.66. The number of rotatable bonds is 4. The number of aromatic carboxylic acids is 1. The van der Waals surface area contributed by atoms with Gasteiger partial charge in [-0.15, -0.1) is 0 Å². The van der Waals surface area contributed by atoms with Gasteiger partial charge < -0.3 is 9.84 Å². The highest BCUT2D eigenvalue weighted by Gasteiger charge is 2.23. The summed E-state index contributed by atoms with van der Waals surface area (Å²) in [6.07, 6.45) is 2.32. The topological polar surface area (TPSA) is 46.5 Å². The van der Waals surface area contributed by atoms with E-state index >= 15 is 0 Å². The minimum absolute atomic E-state index is 0.128. The van der Waals surface area contributed by atoms with E-state index in [1.165, 1.54) is 6.07 Å². The predicted octanol–water partition coefficient (Wildman–Crippen LogP) is 2.83. The van der Waals surface area contributed by atoms with Crippen molar-refractivity contribution in [2.75, 3.05) is 6.61 Å². The maximum absolute atomic E-state index is 10.9. The first-order chi connectivity index (χ1) is 7.18. The number of halogens is 1. The van der Waals surface area contributed by atoms with Crippen LogP contribution >= 0.6 is 11.6 Å². The summed E-state index contributed by atoms with van der Waals surface area (Å²) in [4.78, 5) is 10.9. The molecule has 1 aromatic rings. The summed E-state index contributed by atoms with van der Waals surface area (Å²) >= 11 is 5.89. The number of hydrogen-bond acceptors (Lipinski definition) is 2. The Morgan fingerprint density at radius 1 is 1.53 bits per heavy atom. The van der Waals surface area contributed by atoms with Crippen LogP contribution in [0.3, 0.4) is 0 Å². The first-order valence-electron chi connectivity index (χ1n) is 4.83. The van der Waals surface area contributed by atoms with Crippen LogP contribution in [0.4, 0.5) is 0 Å². The van der Waals surface area contributed by atoms with E-state index in [9.17, 15) is 4.79 Å². The molecule has 0 radical (unpaired) electrons. The molecule has 1 fully saturated rings. The van der Waals surface area contributed by atoms with E-state index in [2.05, 4.69) is 0 Å². The molecular weight excluding hydrogens is 216 g/mol. The summed E-state index contributed by atoms with van der Waals surface area (Å²) in [6, 6.07) is 4.74. The number of hydrogen-bond donors (Lipinski definition) is 1. The van der Waals surface area contributed by atoms with E-state index in [0.29, 0.717) is 23.3 Å². The van der Waals surface area contributed by atoms with Gasteiger partial charge in [-0.2, -0.15) is 0 Å². The Labute approximate surface area is 92.6 Å². The van der Waals surface area contributed by atoms with Crippen LogP contribution in [0, 0.1) is 5.92 Å². The number of carboxylic acids is 1. The lowest BCUT2D eigenvalue weighted by Gasteiger charge is -2.09. The van der Waals surface area contributed by atoms with Crippen molar-refractivity contribution in [3.63, 3.8) is 0 Å². The van der Waals surface area contributed by atoms with Crippen molar-refractivity contribution in [2.24, 2.45) is 5.92 Å². The number of carbonyl (C=O) groups is 1. The Kier molecular flexibility index (Phi) is 2.82. The highest BCUT2D eigenvalue weighted by atomic mass is 35.5. The molecule has 15 heavy (non-hydrogen) atoms. The lowest BCUT2D eigenvalue weighted by Crippen LogP contribution is -2.05. The van der Waals surface area contributed by atoms with Crippen molar-refractivity contribution in [3.05, 3.63) is 28.8 Å². The highest BCUT2D eigenvalue weighted by Crippen LogP contribution is 2.33. The van der Waals surface area contributed by atoms with Crippen LogP contribution in [0.5, 0.6) is 5.75 Å². The molecule has 1 saturated carbocycles. The zero-order valence-electron chi connectivity index (χ0n) is 8.07. The molecule has 0 spiro atoms. The lowest BCUT2D eigenvalue weighted by atomic mass is 10.2. The first-order valence-corrected chi connectivity index (χ1v) is 5.21. The van der Waals surface area contributed by atoms with Gasteiger partial charge in [-0.25, -0.2) is 4.79 Å². The molecule has 2 rings (SSSR count). The molecule has 0 heterocycles. The van der Waals surface area contributed by atoms with Crippen molar-refractivity contribution >= 4 is 17.6 Å². The fraction of sp³-hybridized carbons (Fsp3) is 0.364. The number of benzene rings is 1. The molecule has 0 atom stereocenters. The van der Waals surface area contributed by atoms with Crippen LogP contribution in [0.25, 0.3) is 0 Å². The molecule has 0 amide bonds. The first kappa shape index (κ1) is 10.3. The van der Waals surface area contributed by atoms with Gasteiger partial charge >= 0.3 is 5.97 Å². The van der Waals surface area contributed by atoms with Crippen LogP contribution in [0.2, 0.25) is 5.02 Å². The predicted molar refractivity (Wildman–Crippen MR) is 56.6 cm³/mol. The van der Waals surface area contributed by atoms with Crippen LogP contribution in [-0.2, 0) is 0 Å². The zero-order valence-corrected chi connectivity index (χ0v) is 8.83. The minimum Gasteiger partial charge on any atom is -0.491 e. The molecule has 3 nitrogen and oxygen atoms in total. The fourth-order valence-electron chi connectivity index (χ4n) is 1.31. The molecule has 4 heteroatoms. The Bertz CT molecular complexity index is 385. The smallest absolute Gasteiger partial charge is 0.339 e. The van der Waals surface area contributed by atoms with Gasteiger partial charge in [-0.3, -0.25) is 0 Å². The normalized spacial score (nSPS) is 15.0. The van der Waals surface area contributed by atoms with Crippen molar-refractivity contribution in [1.29, 1.82) is 0 Å². The SMILES string of the molecule is O=C(O)c1cccc(Cl)c1OCC1CC1. The lowest BCUT2D eigenvalue weighted by molar-refractivity contribution is 0.0692. The molecule has 80 valence electrons. The average molecular weight is 227 g/mol. The van der Waals surface area contributed by atoms with E-state index in [1.807, 2.05) is 0 Å². The second-order valence-corrected chi connectivity index (χ2v) is 4.08. The van der Waals surface area contributed by atoms with Gasteiger partial charge in [0.1, 0.15) is 5.56 Å². The Hall–Kier alpha value is -1.22. The van der Waals surface area contributed by atoms with Gasteiger partial charge in [0.2, 0.25) is 0 Å². The molecule has 0 unspecified atom stereocenters. The fourth-order valence-corrected chi connectivity index (χ4v) is 1.54. The Balaban J connectivity index is 2.20. The molecule has 0 aliphatic heterocycles. The summed E-state index contributed by atoms with van der Waals surface area (Å²) in [5, 5.41) is 9.29. The number of para-hydroxylation sites is 1. The largest absolute Gasteiger partial charge is 0.491 e. The van der Waals surface area contributed by atoms with Crippen LogP contribution in [0.1, 0.15) is 23.2 Å². The molecule has 1 aliphatic carbocycles. The van der Waals surface area contributed by atoms with Gasteiger partial charge in [0, 0.05) is 0 Å². The average Bonchev–Trinajstić information content (AvgIpc) is 2.99. The summed E-state index contributed by atoms with van der Waals surface area (Å²) in [7, 11) is 0. The zero-order chi connectivity index (χ0) is 10.8. The van der Waals surface area contributed by atoms with Gasteiger partial charge in [-0.05, 0) is 30.9 Å². The van der Waals surface area contributed by atoms with Crippen molar-refractivity contribution in [2.45, 2.75) is 12.8 Å². The van der Waals surface area contributed by atoms with Crippen molar-refractivity contribution in [1.82, 2.24) is 0 Å². The highest BCUT2D eigenvalue weighted by molar-refractivity contribution is 6.32. The van der Waals surface area contributed by atoms with Gasteiger partial charge in [0.25, 0.3) is 0 Å². The van der Waals surface area contributed by atoms with E-state index in [-0.39, 0.29) is 5.56 Å². The van der Waals surface area contributed by atoms with Crippen molar-refractivity contribution < 1.29 is 14.6 Å². The third-order valence-electron chi connectivity index (χ3n) is 2.36. The molecule has 1 aliphatic rings. The Morgan fingerprint density at radius 3 is 2.87 bits per heavy atom. The van der Waals surface area contributed by atoms with Crippen LogP contribution in [-0.4, -0.2) is 17.7 Å². The standard InChI is InChI=1S/C11H11ClO3/c12-9-3-1-2-8(11(13)14)10(9)15-6-7-4-5-7/h1-3,7H,4-6H2,(H,13,14). The van der Waals surface area contributed by atoms with E-state index in [0.717, 1.165) is 12.8 Å². The summed E-state index contributed by atoms with van der Waals surface area (Å²) in [6.45, 7) is 0.560. The van der Waals surface area contributed by atoms with Crippen LogP contribution in [0.15, 0.2) is 18.2 Å². The number of carboxylic acid groups (broad SMARTS) is 1. The third kappa shape index (κ3) is 2.42. The molecular formula is C11H11ClO3. The monoisotopic (exact) mass is 226 g/mol. The summed E-state index contributed by atoms with van der Waals surface area (Å²) in [5.41, 5.74) is 0.128.